The first-order chi connectivity index (χ1) is 8.66. The van der Waals surface area contributed by atoms with Crippen molar-refractivity contribution in [2.45, 2.75) is 32.1 Å². The van der Waals surface area contributed by atoms with Gasteiger partial charge in [0.15, 0.2) is 0 Å². The Labute approximate surface area is 113 Å². The first kappa shape index (κ1) is 13.2. The van der Waals surface area contributed by atoms with E-state index in [4.69, 9.17) is 11.6 Å². The molecular formula is C15H19ClN2. The summed E-state index contributed by atoms with van der Waals surface area (Å²) in [6, 6.07) is 10.3. The second-order valence-corrected chi connectivity index (χ2v) is 5.42. The highest BCUT2D eigenvalue weighted by molar-refractivity contribution is 6.20. The van der Waals surface area contributed by atoms with Crippen LogP contribution in [0.25, 0.3) is 10.9 Å². The van der Waals surface area contributed by atoms with Gasteiger partial charge in [0.1, 0.15) is 0 Å². The molecule has 2 aromatic rings. The number of pyridine rings is 1. The van der Waals surface area contributed by atoms with Crippen molar-refractivity contribution in [1.29, 1.82) is 0 Å². The lowest BCUT2D eigenvalue weighted by atomic mass is 10.1. The normalized spacial score (nSPS) is 12.6. The number of aryl methyl sites for hydroxylation is 1. The summed E-state index contributed by atoms with van der Waals surface area (Å²) in [5.41, 5.74) is 3.26. The van der Waals surface area contributed by atoms with Gasteiger partial charge in [-0.15, -0.1) is 11.6 Å². The number of nitrogens with zero attached hydrogens (tertiary/aromatic N) is 1. The van der Waals surface area contributed by atoms with Crippen molar-refractivity contribution in [3.05, 3.63) is 36.0 Å². The van der Waals surface area contributed by atoms with Gasteiger partial charge in [-0.25, -0.2) is 0 Å². The van der Waals surface area contributed by atoms with Crippen LogP contribution in [0.1, 0.15) is 25.5 Å². The SMILES string of the molecule is Cc1cc(NCCCC(C)Cl)c2ccccc2n1. The summed E-state index contributed by atoms with van der Waals surface area (Å²) in [6.45, 7) is 5.01. The topological polar surface area (TPSA) is 24.9 Å². The second kappa shape index (κ2) is 6.05. The quantitative estimate of drug-likeness (QED) is 0.640. The first-order valence-corrected chi connectivity index (χ1v) is 6.85. The summed E-state index contributed by atoms with van der Waals surface area (Å²) in [4.78, 5) is 4.53. The molecule has 0 radical (unpaired) electrons. The summed E-state index contributed by atoms with van der Waals surface area (Å²) in [5.74, 6) is 0. The molecule has 0 aliphatic rings. The molecule has 0 saturated carbocycles. The fraction of sp³-hybridized carbons (Fsp3) is 0.400. The minimum atomic E-state index is 0.253. The molecule has 18 heavy (non-hydrogen) atoms. The monoisotopic (exact) mass is 262 g/mol. The van der Waals surface area contributed by atoms with E-state index in [0.717, 1.165) is 30.6 Å². The number of anilines is 1. The van der Waals surface area contributed by atoms with Crippen molar-refractivity contribution in [3.8, 4) is 0 Å². The van der Waals surface area contributed by atoms with Crippen LogP contribution in [0.15, 0.2) is 30.3 Å². The predicted molar refractivity (Wildman–Crippen MR) is 79.5 cm³/mol. The summed E-state index contributed by atoms with van der Waals surface area (Å²) < 4.78 is 0. The maximum atomic E-state index is 5.94. The highest BCUT2D eigenvalue weighted by atomic mass is 35.5. The Bertz CT molecular complexity index is 523. The van der Waals surface area contributed by atoms with Crippen molar-refractivity contribution in [3.63, 3.8) is 0 Å². The predicted octanol–water partition coefficient (Wildman–Crippen LogP) is 4.36. The summed E-state index contributed by atoms with van der Waals surface area (Å²) >= 11 is 5.94. The summed E-state index contributed by atoms with van der Waals surface area (Å²) in [7, 11) is 0. The average molecular weight is 263 g/mol. The van der Waals surface area contributed by atoms with Gasteiger partial charge < -0.3 is 5.32 Å². The van der Waals surface area contributed by atoms with Crippen LogP contribution < -0.4 is 5.32 Å². The van der Waals surface area contributed by atoms with Crippen LogP contribution in [-0.4, -0.2) is 16.9 Å². The van der Waals surface area contributed by atoms with Gasteiger partial charge in [0.25, 0.3) is 0 Å². The van der Waals surface area contributed by atoms with Gasteiger partial charge in [-0.2, -0.15) is 0 Å². The maximum Gasteiger partial charge on any atom is 0.0725 e. The van der Waals surface area contributed by atoms with Crippen LogP contribution in [0.4, 0.5) is 5.69 Å². The highest BCUT2D eigenvalue weighted by Gasteiger charge is 2.03. The van der Waals surface area contributed by atoms with E-state index in [1.165, 1.54) is 11.1 Å². The van der Waals surface area contributed by atoms with Crippen LogP contribution in [0.3, 0.4) is 0 Å². The van der Waals surface area contributed by atoms with E-state index >= 15 is 0 Å². The number of benzene rings is 1. The van der Waals surface area contributed by atoms with Crippen molar-refractivity contribution < 1.29 is 0 Å². The van der Waals surface area contributed by atoms with Gasteiger partial charge in [-0.05, 0) is 38.8 Å². The number of halogens is 1. The number of para-hydroxylation sites is 1. The van der Waals surface area contributed by atoms with Crippen molar-refractivity contribution in [1.82, 2.24) is 4.98 Å². The molecule has 0 fully saturated rings. The van der Waals surface area contributed by atoms with Crippen LogP contribution in [0.5, 0.6) is 0 Å². The Balaban J connectivity index is 2.12. The Morgan fingerprint density at radius 1 is 1.33 bits per heavy atom. The third kappa shape index (κ3) is 3.36. The fourth-order valence-electron chi connectivity index (χ4n) is 2.06. The van der Waals surface area contributed by atoms with Crippen LogP contribution >= 0.6 is 11.6 Å². The van der Waals surface area contributed by atoms with E-state index in [0.29, 0.717) is 0 Å². The molecule has 0 spiro atoms. The van der Waals surface area contributed by atoms with Crippen LogP contribution in [0.2, 0.25) is 0 Å². The Morgan fingerprint density at radius 2 is 2.11 bits per heavy atom. The molecule has 1 aromatic heterocycles. The minimum absolute atomic E-state index is 0.253. The molecule has 1 aromatic carbocycles. The largest absolute Gasteiger partial charge is 0.384 e. The minimum Gasteiger partial charge on any atom is -0.384 e. The van der Waals surface area contributed by atoms with E-state index in [1.807, 2.05) is 32.0 Å². The number of alkyl halides is 1. The number of fused-ring (bicyclic) bond motifs is 1. The third-order valence-corrected chi connectivity index (χ3v) is 3.16. The second-order valence-electron chi connectivity index (χ2n) is 4.68. The van der Waals surface area contributed by atoms with Gasteiger partial charge >= 0.3 is 0 Å². The van der Waals surface area contributed by atoms with E-state index in [9.17, 15) is 0 Å². The molecule has 2 rings (SSSR count). The number of rotatable bonds is 5. The van der Waals surface area contributed by atoms with E-state index in [-0.39, 0.29) is 5.38 Å². The molecule has 1 N–H and O–H groups in total. The van der Waals surface area contributed by atoms with Crippen LogP contribution in [-0.2, 0) is 0 Å². The zero-order chi connectivity index (χ0) is 13.0. The fourth-order valence-corrected chi connectivity index (χ4v) is 2.21. The van der Waals surface area contributed by atoms with Gasteiger partial charge in [-0.1, -0.05) is 18.2 Å². The molecule has 3 heteroatoms. The number of nitrogens with one attached hydrogen (secondary N) is 1. The molecule has 0 saturated heterocycles. The van der Waals surface area contributed by atoms with Gasteiger partial charge in [0, 0.05) is 28.7 Å². The Hall–Kier alpha value is -1.28. The zero-order valence-electron chi connectivity index (χ0n) is 10.9. The smallest absolute Gasteiger partial charge is 0.0725 e. The third-order valence-electron chi connectivity index (χ3n) is 2.94. The molecule has 1 heterocycles. The van der Waals surface area contributed by atoms with E-state index < -0.39 is 0 Å². The molecule has 0 aliphatic heterocycles. The lowest BCUT2D eigenvalue weighted by Crippen LogP contribution is -2.05. The van der Waals surface area contributed by atoms with Crippen molar-refractivity contribution in [2.75, 3.05) is 11.9 Å². The molecule has 0 bridgehead atoms. The Morgan fingerprint density at radius 3 is 2.89 bits per heavy atom. The molecular weight excluding hydrogens is 244 g/mol. The number of hydrogen-bond donors (Lipinski definition) is 1. The highest BCUT2D eigenvalue weighted by Crippen LogP contribution is 2.22. The standard InChI is InChI=1S/C15H19ClN2/c1-11(16)6-5-9-17-15-10-12(2)18-14-8-4-3-7-13(14)15/h3-4,7-8,10-11H,5-6,9H2,1-2H3,(H,17,18). The van der Waals surface area contributed by atoms with Crippen LogP contribution in [0, 0.1) is 6.92 Å². The zero-order valence-corrected chi connectivity index (χ0v) is 11.7. The first-order valence-electron chi connectivity index (χ1n) is 6.41. The lowest BCUT2D eigenvalue weighted by Gasteiger charge is -2.11. The maximum absolute atomic E-state index is 5.94. The van der Waals surface area contributed by atoms with Gasteiger partial charge in [0.2, 0.25) is 0 Å². The molecule has 0 aliphatic carbocycles. The van der Waals surface area contributed by atoms with Gasteiger partial charge in [-0.3, -0.25) is 4.98 Å². The number of aromatic nitrogens is 1. The molecule has 2 nitrogen and oxygen atoms in total. The molecule has 1 atom stereocenters. The van der Waals surface area contributed by atoms with Crippen molar-refractivity contribution >= 4 is 28.2 Å². The molecule has 96 valence electrons. The summed E-state index contributed by atoms with van der Waals surface area (Å²) in [5, 5.41) is 4.92. The van der Waals surface area contributed by atoms with Crippen molar-refractivity contribution in [2.24, 2.45) is 0 Å². The summed E-state index contributed by atoms with van der Waals surface area (Å²) in [6.07, 6.45) is 2.12. The number of hydrogen-bond acceptors (Lipinski definition) is 2. The molecule has 0 amide bonds. The van der Waals surface area contributed by atoms with E-state index in [1.54, 1.807) is 0 Å². The lowest BCUT2D eigenvalue weighted by molar-refractivity contribution is 0.751. The Kier molecular flexibility index (Phi) is 4.43. The molecule has 1 unspecified atom stereocenters. The van der Waals surface area contributed by atoms with E-state index in [2.05, 4.69) is 22.4 Å². The average Bonchev–Trinajstić information content (AvgIpc) is 2.34. The van der Waals surface area contributed by atoms with Gasteiger partial charge in [0.05, 0.1) is 5.52 Å².